The second-order valence-corrected chi connectivity index (χ2v) is 8.52. The molecule has 0 bridgehead atoms. The summed E-state index contributed by atoms with van der Waals surface area (Å²) in [5.41, 5.74) is 3.30. The number of benzene rings is 1. The summed E-state index contributed by atoms with van der Waals surface area (Å²) in [6, 6.07) is 6.24. The molecule has 0 radical (unpaired) electrons. The van der Waals surface area contributed by atoms with Crippen molar-refractivity contribution in [3.63, 3.8) is 0 Å². The molecule has 4 nitrogen and oxygen atoms in total. The highest BCUT2D eigenvalue weighted by atomic mass is 79.9. The van der Waals surface area contributed by atoms with Crippen LogP contribution in [0.15, 0.2) is 33.8 Å². The highest BCUT2D eigenvalue weighted by Gasteiger charge is 2.19. The van der Waals surface area contributed by atoms with Gasteiger partial charge in [-0.1, -0.05) is 47.5 Å². The van der Waals surface area contributed by atoms with Crippen molar-refractivity contribution in [2.75, 3.05) is 19.6 Å². The fourth-order valence-electron chi connectivity index (χ4n) is 3.24. The third-order valence-electron chi connectivity index (χ3n) is 4.80. The predicted octanol–water partition coefficient (Wildman–Crippen LogP) is 4.85. The molecule has 1 aromatic carbocycles. The molecule has 3 rings (SSSR count). The van der Waals surface area contributed by atoms with E-state index in [9.17, 15) is 4.79 Å². The lowest BCUT2D eigenvalue weighted by Crippen LogP contribution is -2.31. The molecule has 6 heteroatoms. The van der Waals surface area contributed by atoms with E-state index < -0.39 is 0 Å². The number of fused-ring (bicyclic) bond motifs is 1. The van der Waals surface area contributed by atoms with E-state index in [2.05, 4.69) is 65.6 Å². The Morgan fingerprint density at radius 3 is 2.65 bits per heavy atom. The van der Waals surface area contributed by atoms with Gasteiger partial charge in [0.1, 0.15) is 4.83 Å². The summed E-state index contributed by atoms with van der Waals surface area (Å²) in [5, 5.41) is 0.737. The first-order valence-electron chi connectivity index (χ1n) is 8.93. The van der Waals surface area contributed by atoms with Crippen molar-refractivity contribution in [1.29, 1.82) is 0 Å². The number of hydrogen-bond donors (Lipinski definition) is 0. The summed E-state index contributed by atoms with van der Waals surface area (Å²) in [6.45, 7) is 11.9. The molecule has 2 heterocycles. The van der Waals surface area contributed by atoms with Crippen molar-refractivity contribution >= 4 is 37.5 Å². The molecule has 0 saturated carbocycles. The quantitative estimate of drug-likeness (QED) is 0.557. The van der Waals surface area contributed by atoms with E-state index >= 15 is 0 Å². The van der Waals surface area contributed by atoms with Crippen LogP contribution in [0.4, 0.5) is 0 Å². The second-order valence-electron chi connectivity index (χ2n) is 6.47. The molecule has 0 saturated heterocycles. The molecule has 0 unspecified atom stereocenters. The Morgan fingerprint density at radius 1 is 1.23 bits per heavy atom. The maximum absolute atomic E-state index is 13.2. The minimum atomic E-state index is 0.0508. The van der Waals surface area contributed by atoms with Crippen LogP contribution in [0.3, 0.4) is 0 Å². The zero-order valence-corrected chi connectivity index (χ0v) is 18.1. The van der Waals surface area contributed by atoms with Gasteiger partial charge in [0.25, 0.3) is 5.56 Å². The minimum Gasteiger partial charge on any atom is -0.302 e. The van der Waals surface area contributed by atoms with Crippen molar-refractivity contribution in [2.24, 2.45) is 0 Å². The Kier molecular flexibility index (Phi) is 5.95. The first kappa shape index (κ1) is 19.3. The predicted molar refractivity (Wildman–Crippen MR) is 114 cm³/mol. The van der Waals surface area contributed by atoms with Crippen LogP contribution in [0.2, 0.25) is 0 Å². The first-order chi connectivity index (χ1) is 12.5. The third-order valence-corrected chi connectivity index (χ3v) is 6.50. The minimum absolute atomic E-state index is 0.0508. The lowest BCUT2D eigenvalue weighted by Gasteiger charge is -2.18. The summed E-state index contributed by atoms with van der Waals surface area (Å²) >= 11 is 5.24. The van der Waals surface area contributed by atoms with Gasteiger partial charge in [-0.05, 0) is 38.6 Å². The van der Waals surface area contributed by atoms with Crippen molar-refractivity contribution in [3.8, 4) is 11.1 Å². The van der Waals surface area contributed by atoms with Gasteiger partial charge in [-0.15, -0.1) is 11.3 Å². The molecule has 0 aliphatic rings. The normalized spacial score (nSPS) is 11.6. The molecule has 0 atom stereocenters. The van der Waals surface area contributed by atoms with E-state index in [1.54, 1.807) is 22.2 Å². The molecular formula is C20H24BrN3OS. The van der Waals surface area contributed by atoms with Crippen LogP contribution in [0.5, 0.6) is 0 Å². The van der Waals surface area contributed by atoms with Crippen LogP contribution in [0.1, 0.15) is 24.3 Å². The largest absolute Gasteiger partial charge is 0.302 e. The van der Waals surface area contributed by atoms with Gasteiger partial charge in [0.15, 0.2) is 0 Å². The molecule has 0 N–H and O–H groups in total. The smallest absolute Gasteiger partial charge is 0.262 e. The third kappa shape index (κ3) is 3.63. The van der Waals surface area contributed by atoms with Crippen LogP contribution < -0.4 is 5.56 Å². The van der Waals surface area contributed by atoms with Gasteiger partial charge in [0.2, 0.25) is 0 Å². The average molecular weight is 434 g/mol. The molecule has 3 aromatic rings. The highest BCUT2D eigenvalue weighted by molar-refractivity contribution is 9.10. The SMILES string of the molecule is CCN(CC)CCn1cnc2sc(C)c(-c3cc(C)ccc3Br)c2c1=O. The Balaban J connectivity index is 2.13. The van der Waals surface area contributed by atoms with Gasteiger partial charge in [0.05, 0.1) is 11.7 Å². The molecular weight excluding hydrogens is 410 g/mol. The number of likely N-dealkylation sites (N-methyl/N-ethyl adjacent to an activating group) is 1. The maximum Gasteiger partial charge on any atom is 0.262 e. The van der Waals surface area contributed by atoms with E-state index in [1.807, 2.05) is 6.07 Å². The Labute approximate surface area is 166 Å². The van der Waals surface area contributed by atoms with Gasteiger partial charge < -0.3 is 4.90 Å². The van der Waals surface area contributed by atoms with E-state index in [0.29, 0.717) is 6.54 Å². The number of nitrogens with zero attached hydrogens (tertiary/aromatic N) is 3. The van der Waals surface area contributed by atoms with Crippen LogP contribution in [0, 0.1) is 13.8 Å². The summed E-state index contributed by atoms with van der Waals surface area (Å²) in [7, 11) is 0. The average Bonchev–Trinajstić information content (AvgIpc) is 2.96. The van der Waals surface area contributed by atoms with Gasteiger partial charge in [0, 0.05) is 28.0 Å². The van der Waals surface area contributed by atoms with Crippen LogP contribution in [-0.2, 0) is 6.54 Å². The molecule has 138 valence electrons. The van der Waals surface area contributed by atoms with Gasteiger partial charge >= 0.3 is 0 Å². The molecule has 2 aromatic heterocycles. The monoisotopic (exact) mass is 433 g/mol. The fraction of sp³-hybridized carbons (Fsp3) is 0.400. The summed E-state index contributed by atoms with van der Waals surface area (Å²) in [5.74, 6) is 0. The van der Waals surface area contributed by atoms with Crippen LogP contribution in [-0.4, -0.2) is 34.1 Å². The zero-order chi connectivity index (χ0) is 18.8. The number of aromatic nitrogens is 2. The number of thiophene rings is 1. The molecule has 0 amide bonds. The fourth-order valence-corrected chi connectivity index (χ4v) is 4.68. The molecule has 0 aliphatic carbocycles. The van der Waals surface area contributed by atoms with Crippen molar-refractivity contribution in [2.45, 2.75) is 34.2 Å². The number of halogens is 1. The number of hydrogen-bond acceptors (Lipinski definition) is 4. The van der Waals surface area contributed by atoms with Crippen molar-refractivity contribution < 1.29 is 0 Å². The van der Waals surface area contributed by atoms with Gasteiger partial charge in [-0.3, -0.25) is 9.36 Å². The van der Waals surface area contributed by atoms with E-state index in [1.165, 1.54) is 5.56 Å². The number of aryl methyl sites for hydroxylation is 2. The first-order valence-corrected chi connectivity index (χ1v) is 10.5. The highest BCUT2D eigenvalue weighted by Crippen LogP contribution is 2.39. The second kappa shape index (κ2) is 8.03. The molecule has 26 heavy (non-hydrogen) atoms. The Hall–Kier alpha value is -1.50. The van der Waals surface area contributed by atoms with E-state index in [-0.39, 0.29) is 5.56 Å². The van der Waals surface area contributed by atoms with Crippen LogP contribution in [0.25, 0.3) is 21.3 Å². The zero-order valence-electron chi connectivity index (χ0n) is 15.7. The Morgan fingerprint density at radius 2 is 1.96 bits per heavy atom. The summed E-state index contributed by atoms with van der Waals surface area (Å²) in [6.07, 6.45) is 1.69. The Bertz CT molecular complexity index is 989. The maximum atomic E-state index is 13.2. The van der Waals surface area contributed by atoms with E-state index in [4.69, 9.17) is 0 Å². The standard InChI is InChI=1S/C20H24BrN3OS/c1-5-23(6-2)9-10-24-12-22-19-18(20(24)25)17(14(4)26-19)15-11-13(3)7-8-16(15)21/h7-8,11-12H,5-6,9-10H2,1-4H3. The van der Waals surface area contributed by atoms with E-state index in [0.717, 1.165) is 50.3 Å². The van der Waals surface area contributed by atoms with Crippen LogP contribution >= 0.6 is 27.3 Å². The number of rotatable bonds is 6. The molecule has 0 aliphatic heterocycles. The summed E-state index contributed by atoms with van der Waals surface area (Å²) in [4.78, 5) is 22.0. The molecule has 0 fully saturated rings. The lowest BCUT2D eigenvalue weighted by atomic mass is 10.0. The lowest BCUT2D eigenvalue weighted by molar-refractivity contribution is 0.289. The van der Waals surface area contributed by atoms with Crippen molar-refractivity contribution in [3.05, 3.63) is 49.8 Å². The summed E-state index contributed by atoms with van der Waals surface area (Å²) < 4.78 is 2.75. The van der Waals surface area contributed by atoms with Gasteiger partial charge in [-0.25, -0.2) is 4.98 Å². The topological polar surface area (TPSA) is 38.1 Å². The van der Waals surface area contributed by atoms with Gasteiger partial charge in [-0.2, -0.15) is 0 Å². The van der Waals surface area contributed by atoms with Crippen molar-refractivity contribution in [1.82, 2.24) is 14.5 Å². The molecule has 0 spiro atoms.